The Kier molecular flexibility index (Phi) is 65.7. The van der Waals surface area contributed by atoms with Crippen LogP contribution in [0.5, 0.6) is 0 Å². The average Bonchev–Trinajstić information content (AvgIpc) is 3.47. The second-order valence-corrected chi connectivity index (χ2v) is 23.1. The van der Waals surface area contributed by atoms with E-state index >= 15 is 0 Å². The molecule has 6 nitrogen and oxygen atoms in total. The molecule has 0 aromatic carbocycles. The number of allylic oxidation sites excluding steroid dienone is 16. The summed E-state index contributed by atoms with van der Waals surface area (Å²) < 4.78 is 16.9. The zero-order valence-electron chi connectivity index (χ0n) is 53.5. The van der Waals surface area contributed by atoms with E-state index in [2.05, 4.69) is 118 Å². The molecular formula is C75H130O6. The Morgan fingerprint density at radius 2 is 0.494 bits per heavy atom. The predicted molar refractivity (Wildman–Crippen MR) is 353 cm³/mol. The summed E-state index contributed by atoms with van der Waals surface area (Å²) in [6, 6.07) is 0. The Hall–Kier alpha value is -3.67. The van der Waals surface area contributed by atoms with Gasteiger partial charge in [-0.3, -0.25) is 14.4 Å². The summed E-state index contributed by atoms with van der Waals surface area (Å²) in [5, 5.41) is 0. The van der Waals surface area contributed by atoms with Crippen molar-refractivity contribution >= 4 is 17.9 Å². The van der Waals surface area contributed by atoms with Crippen LogP contribution in [0.15, 0.2) is 97.2 Å². The van der Waals surface area contributed by atoms with Gasteiger partial charge in [-0.1, -0.05) is 323 Å². The van der Waals surface area contributed by atoms with E-state index in [9.17, 15) is 14.4 Å². The van der Waals surface area contributed by atoms with E-state index in [0.29, 0.717) is 19.3 Å². The molecule has 81 heavy (non-hydrogen) atoms. The lowest BCUT2D eigenvalue weighted by molar-refractivity contribution is -0.167. The van der Waals surface area contributed by atoms with Crippen LogP contribution in [-0.2, 0) is 28.6 Å². The molecule has 0 heterocycles. The molecule has 0 saturated carbocycles. The molecule has 1 unspecified atom stereocenters. The maximum absolute atomic E-state index is 12.9. The van der Waals surface area contributed by atoms with Gasteiger partial charge >= 0.3 is 17.9 Å². The van der Waals surface area contributed by atoms with Crippen LogP contribution in [-0.4, -0.2) is 37.2 Å². The van der Waals surface area contributed by atoms with Crippen LogP contribution in [0.1, 0.15) is 342 Å². The van der Waals surface area contributed by atoms with Gasteiger partial charge in [0.05, 0.1) is 0 Å². The minimum absolute atomic E-state index is 0.0985. The molecule has 0 aliphatic rings. The molecule has 0 radical (unpaired) electrons. The molecule has 1 atom stereocenters. The second-order valence-electron chi connectivity index (χ2n) is 23.1. The Morgan fingerprint density at radius 3 is 0.827 bits per heavy atom. The lowest BCUT2D eigenvalue weighted by atomic mass is 10.0. The first kappa shape index (κ1) is 77.3. The van der Waals surface area contributed by atoms with E-state index < -0.39 is 6.10 Å². The Bertz CT molecular complexity index is 1580. The summed E-state index contributed by atoms with van der Waals surface area (Å²) in [7, 11) is 0. The Labute approximate surface area is 502 Å². The highest BCUT2D eigenvalue weighted by Gasteiger charge is 2.19. The third-order valence-corrected chi connectivity index (χ3v) is 15.1. The van der Waals surface area contributed by atoms with E-state index in [1.807, 2.05) is 0 Å². The Morgan fingerprint density at radius 1 is 0.259 bits per heavy atom. The maximum Gasteiger partial charge on any atom is 0.306 e. The summed E-state index contributed by atoms with van der Waals surface area (Å²) >= 11 is 0. The highest BCUT2D eigenvalue weighted by Crippen LogP contribution is 2.18. The lowest BCUT2D eigenvalue weighted by Crippen LogP contribution is -2.30. The molecule has 0 N–H and O–H groups in total. The first-order valence-electron chi connectivity index (χ1n) is 34.7. The smallest absolute Gasteiger partial charge is 0.306 e. The fraction of sp³-hybridized carbons (Fsp3) is 0.747. The molecule has 0 fully saturated rings. The number of unbranched alkanes of at least 4 members (excludes halogenated alkanes) is 36. The van der Waals surface area contributed by atoms with Crippen molar-refractivity contribution in [1.82, 2.24) is 0 Å². The van der Waals surface area contributed by atoms with Gasteiger partial charge in [0.2, 0.25) is 0 Å². The second kappa shape index (κ2) is 68.8. The van der Waals surface area contributed by atoms with Crippen LogP contribution in [0.3, 0.4) is 0 Å². The van der Waals surface area contributed by atoms with Crippen LogP contribution in [0, 0.1) is 0 Å². The van der Waals surface area contributed by atoms with Crippen molar-refractivity contribution in [3.63, 3.8) is 0 Å². The summed E-state index contributed by atoms with van der Waals surface area (Å²) in [5.41, 5.74) is 0. The van der Waals surface area contributed by atoms with Crippen LogP contribution in [0.4, 0.5) is 0 Å². The van der Waals surface area contributed by atoms with Crippen molar-refractivity contribution in [3.05, 3.63) is 97.2 Å². The van der Waals surface area contributed by atoms with Gasteiger partial charge in [0.25, 0.3) is 0 Å². The van der Waals surface area contributed by atoms with Gasteiger partial charge in [-0.05, 0) is 96.3 Å². The van der Waals surface area contributed by atoms with Gasteiger partial charge in [-0.15, -0.1) is 0 Å². The maximum atomic E-state index is 12.9. The number of esters is 3. The zero-order valence-corrected chi connectivity index (χ0v) is 53.5. The van der Waals surface area contributed by atoms with Gasteiger partial charge in [-0.25, -0.2) is 0 Å². The van der Waals surface area contributed by atoms with Gasteiger partial charge < -0.3 is 14.2 Å². The van der Waals surface area contributed by atoms with Crippen molar-refractivity contribution in [2.45, 2.75) is 348 Å². The molecule has 0 amide bonds. The summed E-state index contributed by atoms with van der Waals surface area (Å²) in [6.45, 7) is 6.48. The molecule has 0 saturated heterocycles. The van der Waals surface area contributed by atoms with Crippen LogP contribution < -0.4 is 0 Å². The van der Waals surface area contributed by atoms with E-state index in [4.69, 9.17) is 14.2 Å². The number of ether oxygens (including phenoxy) is 3. The van der Waals surface area contributed by atoms with Crippen molar-refractivity contribution in [2.24, 2.45) is 0 Å². The standard InChI is InChI=1S/C75H130O6/c1-4-7-10-13-16-19-22-25-28-31-33-34-35-36-37-38-39-40-42-44-47-50-53-56-59-62-65-68-74(77)80-71-72(70-79-73(76)67-64-61-58-55-52-49-46-43-30-27-24-21-18-15-12-9-6-3)81-75(78)69-66-63-60-57-54-51-48-45-41-32-29-26-23-20-17-14-11-8-5-2/h9,12,17-18,20-21,26-27,29-30,41,45-46,49,55,58,72H,4-8,10-11,13-16,19,22-25,28,31-40,42-44,47-48,50-54,56-57,59-71H2,1-3H3/b12-9-,20-17-,21-18-,29-26-,30-27-,45-41-,49-46-,58-55-. The van der Waals surface area contributed by atoms with Gasteiger partial charge in [0.15, 0.2) is 6.10 Å². The molecule has 6 heteroatoms. The van der Waals surface area contributed by atoms with E-state index in [0.717, 1.165) is 103 Å². The van der Waals surface area contributed by atoms with Crippen molar-refractivity contribution < 1.29 is 28.6 Å². The molecule has 0 rings (SSSR count). The molecule has 0 aromatic heterocycles. The summed E-state index contributed by atoms with van der Waals surface area (Å²) in [6.07, 6.45) is 93.0. The third kappa shape index (κ3) is 67.0. The van der Waals surface area contributed by atoms with Crippen molar-refractivity contribution in [2.75, 3.05) is 13.2 Å². The highest BCUT2D eigenvalue weighted by molar-refractivity contribution is 5.71. The molecule has 0 aliphatic heterocycles. The van der Waals surface area contributed by atoms with E-state index in [1.54, 1.807) is 0 Å². The quantitative estimate of drug-likeness (QED) is 0.0261. The van der Waals surface area contributed by atoms with Gasteiger partial charge in [0.1, 0.15) is 13.2 Å². The first-order chi connectivity index (χ1) is 40.0. The topological polar surface area (TPSA) is 78.9 Å². The number of rotatable bonds is 63. The third-order valence-electron chi connectivity index (χ3n) is 15.1. The number of carbonyl (C=O) groups excluding carboxylic acids is 3. The molecule has 0 spiro atoms. The fourth-order valence-corrected chi connectivity index (χ4v) is 9.90. The number of hydrogen-bond acceptors (Lipinski definition) is 6. The van der Waals surface area contributed by atoms with Crippen LogP contribution in [0.25, 0.3) is 0 Å². The fourth-order valence-electron chi connectivity index (χ4n) is 9.90. The van der Waals surface area contributed by atoms with Gasteiger partial charge in [-0.2, -0.15) is 0 Å². The molecule has 0 aliphatic carbocycles. The molecular weight excluding hydrogens is 997 g/mol. The minimum Gasteiger partial charge on any atom is -0.462 e. The lowest BCUT2D eigenvalue weighted by Gasteiger charge is -2.18. The van der Waals surface area contributed by atoms with Crippen LogP contribution >= 0.6 is 0 Å². The van der Waals surface area contributed by atoms with E-state index in [1.165, 1.54) is 193 Å². The SMILES string of the molecule is CC/C=C\C/C=C\C/C=C\C/C=C\C/C=C\CCCC(=O)OCC(COC(=O)CCCCCCCCCCCCCCCCCCCCCCCCCCCCC)OC(=O)CCCCCCCC/C=C\C/C=C\C/C=C\CCCCC. The van der Waals surface area contributed by atoms with Crippen molar-refractivity contribution in [1.29, 1.82) is 0 Å². The van der Waals surface area contributed by atoms with Gasteiger partial charge in [0, 0.05) is 19.3 Å². The van der Waals surface area contributed by atoms with E-state index in [-0.39, 0.29) is 37.5 Å². The molecule has 0 bridgehead atoms. The normalized spacial score (nSPS) is 12.7. The monoisotopic (exact) mass is 1130 g/mol. The minimum atomic E-state index is -0.809. The summed E-state index contributed by atoms with van der Waals surface area (Å²) in [4.78, 5) is 38.4. The summed E-state index contributed by atoms with van der Waals surface area (Å²) in [5.74, 6) is -0.958. The molecule has 466 valence electrons. The average molecular weight is 1130 g/mol. The highest BCUT2D eigenvalue weighted by atomic mass is 16.6. The van der Waals surface area contributed by atoms with Crippen LogP contribution in [0.2, 0.25) is 0 Å². The zero-order chi connectivity index (χ0) is 58.5. The number of hydrogen-bond donors (Lipinski definition) is 0. The Balaban J connectivity index is 4.36. The predicted octanol–water partition coefficient (Wildman–Crippen LogP) is 24.0. The first-order valence-corrected chi connectivity index (χ1v) is 34.7. The molecule has 0 aromatic rings. The van der Waals surface area contributed by atoms with Crippen molar-refractivity contribution in [3.8, 4) is 0 Å². The number of carbonyl (C=O) groups is 3. The largest absolute Gasteiger partial charge is 0.462 e.